The number of benzene rings is 1. The van der Waals surface area contributed by atoms with Crippen molar-refractivity contribution in [2.75, 3.05) is 6.54 Å². The SMILES string of the molecule is CC(C)(N)CNC(=O)C(C)(C)c1cccc(Cl)c1. The van der Waals surface area contributed by atoms with E-state index in [0.717, 1.165) is 5.56 Å². The molecule has 1 aromatic rings. The second-order valence-electron chi connectivity index (χ2n) is 5.81. The quantitative estimate of drug-likeness (QED) is 0.881. The molecule has 0 aromatic heterocycles. The Morgan fingerprint density at radius 1 is 1.33 bits per heavy atom. The molecule has 1 amide bonds. The number of carbonyl (C=O) groups is 1. The summed E-state index contributed by atoms with van der Waals surface area (Å²) < 4.78 is 0. The summed E-state index contributed by atoms with van der Waals surface area (Å²) in [6.07, 6.45) is 0. The Kier molecular flexibility index (Phi) is 4.41. The van der Waals surface area contributed by atoms with Gasteiger partial charge in [-0.1, -0.05) is 23.7 Å². The van der Waals surface area contributed by atoms with Gasteiger partial charge in [0.2, 0.25) is 5.91 Å². The van der Waals surface area contributed by atoms with Crippen LogP contribution in [0.3, 0.4) is 0 Å². The maximum absolute atomic E-state index is 12.2. The predicted molar refractivity (Wildman–Crippen MR) is 75.8 cm³/mol. The zero-order chi connectivity index (χ0) is 14.0. The first-order chi connectivity index (χ1) is 8.13. The number of nitrogens with one attached hydrogen (secondary N) is 1. The third kappa shape index (κ3) is 4.00. The zero-order valence-electron chi connectivity index (χ0n) is 11.4. The van der Waals surface area contributed by atoms with Crippen LogP contribution < -0.4 is 11.1 Å². The number of rotatable bonds is 4. The van der Waals surface area contributed by atoms with Gasteiger partial charge in [0.1, 0.15) is 0 Å². The molecule has 0 unspecified atom stereocenters. The maximum Gasteiger partial charge on any atom is 0.230 e. The smallest absolute Gasteiger partial charge is 0.230 e. The Hall–Kier alpha value is -1.06. The molecule has 0 atom stereocenters. The summed E-state index contributed by atoms with van der Waals surface area (Å²) in [4.78, 5) is 12.2. The van der Waals surface area contributed by atoms with Crippen LogP contribution in [0.25, 0.3) is 0 Å². The van der Waals surface area contributed by atoms with Gasteiger partial charge in [-0.25, -0.2) is 0 Å². The van der Waals surface area contributed by atoms with Gasteiger partial charge in [0.25, 0.3) is 0 Å². The minimum absolute atomic E-state index is 0.0525. The van der Waals surface area contributed by atoms with Gasteiger partial charge in [0.15, 0.2) is 0 Å². The second kappa shape index (κ2) is 5.29. The summed E-state index contributed by atoms with van der Waals surface area (Å²) in [5.41, 5.74) is 5.70. The van der Waals surface area contributed by atoms with Gasteiger partial charge in [-0.3, -0.25) is 4.79 Å². The van der Waals surface area contributed by atoms with Gasteiger partial charge in [0.05, 0.1) is 5.41 Å². The molecule has 0 radical (unpaired) electrons. The predicted octanol–water partition coefficient (Wildman–Crippen LogP) is 2.47. The van der Waals surface area contributed by atoms with Crippen molar-refractivity contribution in [3.05, 3.63) is 34.9 Å². The van der Waals surface area contributed by atoms with Crippen molar-refractivity contribution in [3.63, 3.8) is 0 Å². The summed E-state index contributed by atoms with van der Waals surface area (Å²) in [6.45, 7) is 7.93. The van der Waals surface area contributed by atoms with Gasteiger partial charge >= 0.3 is 0 Å². The van der Waals surface area contributed by atoms with Gasteiger partial charge in [-0.15, -0.1) is 0 Å². The van der Waals surface area contributed by atoms with Crippen molar-refractivity contribution >= 4 is 17.5 Å². The number of nitrogens with two attached hydrogens (primary N) is 1. The lowest BCUT2D eigenvalue weighted by atomic mass is 9.83. The van der Waals surface area contributed by atoms with E-state index in [9.17, 15) is 4.79 Å². The summed E-state index contributed by atoms with van der Waals surface area (Å²) in [5, 5.41) is 3.51. The van der Waals surface area contributed by atoms with E-state index in [0.29, 0.717) is 11.6 Å². The Bertz CT molecular complexity index is 436. The van der Waals surface area contributed by atoms with E-state index in [1.807, 2.05) is 45.9 Å². The number of hydrogen-bond acceptors (Lipinski definition) is 2. The Morgan fingerprint density at radius 3 is 2.44 bits per heavy atom. The first-order valence-electron chi connectivity index (χ1n) is 5.96. The molecule has 0 aliphatic carbocycles. The van der Waals surface area contributed by atoms with Crippen LogP contribution in [0.4, 0.5) is 0 Å². The van der Waals surface area contributed by atoms with Crippen molar-refractivity contribution in [3.8, 4) is 0 Å². The first-order valence-corrected chi connectivity index (χ1v) is 6.34. The molecule has 0 bridgehead atoms. The van der Waals surface area contributed by atoms with Gasteiger partial charge in [0, 0.05) is 17.1 Å². The summed E-state index contributed by atoms with van der Waals surface area (Å²) in [7, 11) is 0. The van der Waals surface area contributed by atoms with E-state index in [2.05, 4.69) is 5.32 Å². The highest BCUT2D eigenvalue weighted by Crippen LogP contribution is 2.25. The molecular formula is C14H21ClN2O. The average molecular weight is 269 g/mol. The molecule has 0 saturated heterocycles. The summed E-state index contributed by atoms with van der Waals surface area (Å²) >= 11 is 5.95. The molecule has 3 N–H and O–H groups in total. The van der Waals surface area contributed by atoms with Crippen molar-refractivity contribution < 1.29 is 4.79 Å². The number of carbonyl (C=O) groups excluding carboxylic acids is 1. The Labute approximate surface area is 114 Å². The molecule has 1 rings (SSSR count). The second-order valence-corrected chi connectivity index (χ2v) is 6.24. The van der Waals surface area contributed by atoms with Gasteiger partial charge in [-0.05, 0) is 45.4 Å². The van der Waals surface area contributed by atoms with Gasteiger partial charge in [-0.2, -0.15) is 0 Å². The van der Waals surface area contributed by atoms with E-state index in [1.54, 1.807) is 6.07 Å². The topological polar surface area (TPSA) is 55.1 Å². The normalized spacial score (nSPS) is 12.3. The van der Waals surface area contributed by atoms with Crippen LogP contribution in [-0.2, 0) is 10.2 Å². The highest BCUT2D eigenvalue weighted by molar-refractivity contribution is 6.30. The molecule has 0 aliphatic rings. The molecule has 100 valence electrons. The molecule has 1 aromatic carbocycles. The van der Waals surface area contributed by atoms with E-state index < -0.39 is 11.0 Å². The van der Waals surface area contributed by atoms with E-state index in [1.165, 1.54) is 0 Å². The van der Waals surface area contributed by atoms with Crippen LogP contribution in [-0.4, -0.2) is 18.0 Å². The standard InChI is InChI=1S/C14H21ClN2O/c1-13(2,16)9-17-12(18)14(3,4)10-6-5-7-11(15)8-10/h5-8H,9,16H2,1-4H3,(H,17,18). The third-order valence-corrected chi connectivity index (χ3v) is 3.05. The van der Waals surface area contributed by atoms with E-state index >= 15 is 0 Å². The van der Waals surface area contributed by atoms with E-state index in [-0.39, 0.29) is 5.91 Å². The fraction of sp³-hybridized carbons (Fsp3) is 0.500. The lowest BCUT2D eigenvalue weighted by molar-refractivity contribution is -0.125. The van der Waals surface area contributed by atoms with Crippen molar-refractivity contribution in [2.24, 2.45) is 5.73 Å². The Balaban J connectivity index is 2.83. The van der Waals surface area contributed by atoms with E-state index in [4.69, 9.17) is 17.3 Å². The monoisotopic (exact) mass is 268 g/mol. The molecule has 0 spiro atoms. The Morgan fingerprint density at radius 2 is 1.94 bits per heavy atom. The third-order valence-electron chi connectivity index (χ3n) is 2.82. The number of amides is 1. The minimum atomic E-state index is -0.629. The fourth-order valence-corrected chi connectivity index (χ4v) is 1.73. The molecule has 0 aliphatic heterocycles. The highest BCUT2D eigenvalue weighted by atomic mass is 35.5. The average Bonchev–Trinajstić information content (AvgIpc) is 2.24. The minimum Gasteiger partial charge on any atom is -0.354 e. The summed E-state index contributed by atoms with van der Waals surface area (Å²) in [5.74, 6) is -0.0525. The van der Waals surface area contributed by atoms with Gasteiger partial charge < -0.3 is 11.1 Å². The fourth-order valence-electron chi connectivity index (χ4n) is 1.54. The molecule has 4 heteroatoms. The summed E-state index contributed by atoms with van der Waals surface area (Å²) in [6, 6.07) is 7.36. The number of halogens is 1. The first kappa shape index (κ1) is 15.0. The van der Waals surface area contributed by atoms with Crippen molar-refractivity contribution in [2.45, 2.75) is 38.6 Å². The maximum atomic E-state index is 12.2. The van der Waals surface area contributed by atoms with Crippen LogP contribution in [0.2, 0.25) is 5.02 Å². The van der Waals surface area contributed by atoms with Crippen LogP contribution in [0.15, 0.2) is 24.3 Å². The molecule has 0 heterocycles. The number of hydrogen-bond donors (Lipinski definition) is 2. The lowest BCUT2D eigenvalue weighted by Crippen LogP contribution is -2.49. The lowest BCUT2D eigenvalue weighted by Gasteiger charge is -2.27. The highest BCUT2D eigenvalue weighted by Gasteiger charge is 2.30. The largest absolute Gasteiger partial charge is 0.354 e. The zero-order valence-corrected chi connectivity index (χ0v) is 12.1. The molecule has 0 saturated carbocycles. The van der Waals surface area contributed by atoms with Crippen LogP contribution in [0.1, 0.15) is 33.3 Å². The molecule has 3 nitrogen and oxygen atoms in total. The van der Waals surface area contributed by atoms with Crippen molar-refractivity contribution in [1.82, 2.24) is 5.32 Å². The molecule has 0 fully saturated rings. The van der Waals surface area contributed by atoms with Crippen LogP contribution in [0.5, 0.6) is 0 Å². The molecular weight excluding hydrogens is 248 g/mol. The molecule has 18 heavy (non-hydrogen) atoms. The van der Waals surface area contributed by atoms with Crippen LogP contribution >= 0.6 is 11.6 Å². The van der Waals surface area contributed by atoms with Crippen LogP contribution in [0, 0.1) is 0 Å². The van der Waals surface area contributed by atoms with Crippen molar-refractivity contribution in [1.29, 1.82) is 0 Å².